The summed E-state index contributed by atoms with van der Waals surface area (Å²) in [6.45, 7) is 6.16. The highest BCUT2D eigenvalue weighted by Gasteiger charge is 2.02. The maximum absolute atomic E-state index is 11.5. The van der Waals surface area contributed by atoms with Crippen LogP contribution in [-0.2, 0) is 9.53 Å². The van der Waals surface area contributed by atoms with E-state index >= 15 is 0 Å². The van der Waals surface area contributed by atoms with Crippen LogP contribution >= 0.6 is 22.6 Å². The van der Waals surface area contributed by atoms with Crippen molar-refractivity contribution in [1.82, 2.24) is 5.32 Å². The van der Waals surface area contributed by atoms with Crippen LogP contribution in [0, 0.1) is 9.49 Å². The number of amides is 1. The van der Waals surface area contributed by atoms with E-state index in [1.165, 1.54) is 0 Å². The van der Waals surface area contributed by atoms with Crippen molar-refractivity contribution in [3.05, 3.63) is 27.8 Å². The highest BCUT2D eigenvalue weighted by atomic mass is 127. The van der Waals surface area contributed by atoms with Gasteiger partial charge in [0, 0.05) is 16.7 Å². The van der Waals surface area contributed by atoms with Crippen molar-refractivity contribution in [2.75, 3.05) is 26.4 Å². The molecule has 1 aromatic rings. The van der Waals surface area contributed by atoms with Crippen LogP contribution in [0.5, 0.6) is 5.75 Å². The Hall–Kier alpha value is -0.820. The van der Waals surface area contributed by atoms with E-state index in [1.807, 2.05) is 24.3 Å². The third kappa shape index (κ3) is 8.37. The van der Waals surface area contributed by atoms with E-state index in [0.29, 0.717) is 24.8 Å². The van der Waals surface area contributed by atoms with E-state index in [9.17, 15) is 4.79 Å². The smallest absolute Gasteiger partial charge is 0.258 e. The molecule has 0 heterocycles. The van der Waals surface area contributed by atoms with Crippen LogP contribution in [0.1, 0.15) is 20.3 Å². The molecule has 0 saturated heterocycles. The second kappa shape index (κ2) is 9.99. The second-order valence-electron chi connectivity index (χ2n) is 4.89. The molecular weight excluding hydrogens is 369 g/mol. The lowest BCUT2D eigenvalue weighted by Crippen LogP contribution is -2.31. The van der Waals surface area contributed by atoms with Crippen molar-refractivity contribution in [2.24, 2.45) is 5.92 Å². The first-order valence-corrected chi connectivity index (χ1v) is 7.88. The maximum atomic E-state index is 11.5. The van der Waals surface area contributed by atoms with E-state index in [2.05, 4.69) is 41.8 Å². The number of halogens is 1. The zero-order valence-corrected chi connectivity index (χ0v) is 14.2. The van der Waals surface area contributed by atoms with Crippen LogP contribution in [0.25, 0.3) is 0 Å². The predicted molar refractivity (Wildman–Crippen MR) is 87.9 cm³/mol. The molecule has 5 heteroatoms. The van der Waals surface area contributed by atoms with Crippen LogP contribution in [0.15, 0.2) is 24.3 Å². The van der Waals surface area contributed by atoms with Gasteiger partial charge >= 0.3 is 0 Å². The largest absolute Gasteiger partial charge is 0.484 e. The molecule has 0 aliphatic rings. The van der Waals surface area contributed by atoms with E-state index in [0.717, 1.165) is 16.6 Å². The molecule has 1 rings (SSSR count). The highest BCUT2D eigenvalue weighted by molar-refractivity contribution is 14.1. The van der Waals surface area contributed by atoms with Crippen molar-refractivity contribution < 1.29 is 14.3 Å². The Morgan fingerprint density at radius 2 is 2.15 bits per heavy atom. The van der Waals surface area contributed by atoms with Crippen LogP contribution < -0.4 is 10.1 Å². The third-order valence-electron chi connectivity index (χ3n) is 2.57. The van der Waals surface area contributed by atoms with Gasteiger partial charge in [0.15, 0.2) is 6.61 Å². The molecule has 1 aromatic carbocycles. The molecule has 0 radical (unpaired) electrons. The van der Waals surface area contributed by atoms with Gasteiger partial charge in [0.05, 0.1) is 6.61 Å². The summed E-state index contributed by atoms with van der Waals surface area (Å²) in [5.74, 6) is 1.23. The lowest BCUT2D eigenvalue weighted by molar-refractivity contribution is -0.123. The lowest BCUT2D eigenvalue weighted by Gasteiger charge is -2.09. The molecule has 1 N–H and O–H groups in total. The Kier molecular flexibility index (Phi) is 8.60. The Bertz CT molecular complexity index is 410. The number of hydrogen-bond donors (Lipinski definition) is 1. The Morgan fingerprint density at radius 3 is 2.85 bits per heavy atom. The molecule has 1 amide bonds. The number of nitrogens with one attached hydrogen (secondary N) is 1. The molecule has 0 aliphatic heterocycles. The van der Waals surface area contributed by atoms with Crippen molar-refractivity contribution in [2.45, 2.75) is 20.3 Å². The zero-order chi connectivity index (χ0) is 14.8. The Balaban J connectivity index is 2.06. The molecule has 0 fully saturated rings. The van der Waals surface area contributed by atoms with Crippen LogP contribution in [0.4, 0.5) is 0 Å². The molecule has 0 aromatic heterocycles. The van der Waals surface area contributed by atoms with E-state index in [1.54, 1.807) is 0 Å². The number of hydrogen-bond acceptors (Lipinski definition) is 3. The fraction of sp³-hybridized carbons (Fsp3) is 0.533. The molecule has 0 bridgehead atoms. The monoisotopic (exact) mass is 391 g/mol. The van der Waals surface area contributed by atoms with Crippen LogP contribution in [-0.4, -0.2) is 32.3 Å². The summed E-state index contributed by atoms with van der Waals surface area (Å²) < 4.78 is 11.9. The minimum atomic E-state index is -0.128. The minimum Gasteiger partial charge on any atom is -0.484 e. The molecule has 20 heavy (non-hydrogen) atoms. The Labute approximate surface area is 134 Å². The van der Waals surface area contributed by atoms with Gasteiger partial charge in [-0.2, -0.15) is 0 Å². The topological polar surface area (TPSA) is 47.6 Å². The first kappa shape index (κ1) is 17.2. The fourth-order valence-electron chi connectivity index (χ4n) is 1.44. The normalized spacial score (nSPS) is 10.6. The molecule has 4 nitrogen and oxygen atoms in total. The molecule has 0 aliphatic carbocycles. The molecular formula is C15H22INO3. The average Bonchev–Trinajstić information content (AvgIpc) is 2.40. The SMILES string of the molecule is CC(C)CCOCCNC(=O)COc1cccc(I)c1. The number of ether oxygens (including phenoxy) is 2. The van der Waals surface area contributed by atoms with Gasteiger partial charge in [0.2, 0.25) is 0 Å². The molecule has 0 saturated carbocycles. The minimum absolute atomic E-state index is 0.0338. The quantitative estimate of drug-likeness (QED) is 0.520. The molecule has 112 valence electrons. The van der Waals surface area contributed by atoms with Gasteiger partial charge in [-0.15, -0.1) is 0 Å². The summed E-state index contributed by atoms with van der Waals surface area (Å²) in [6.07, 6.45) is 1.05. The molecule has 0 spiro atoms. The Morgan fingerprint density at radius 1 is 1.35 bits per heavy atom. The number of carbonyl (C=O) groups excluding carboxylic acids is 1. The summed E-state index contributed by atoms with van der Waals surface area (Å²) >= 11 is 2.21. The molecule has 0 unspecified atom stereocenters. The standard InChI is InChI=1S/C15H22INO3/c1-12(2)6-8-19-9-7-17-15(18)11-20-14-5-3-4-13(16)10-14/h3-5,10,12H,6-9,11H2,1-2H3,(H,17,18). The van der Waals surface area contributed by atoms with Crippen molar-refractivity contribution in [3.8, 4) is 5.75 Å². The van der Waals surface area contributed by atoms with Gasteiger partial charge in [0.1, 0.15) is 5.75 Å². The van der Waals surface area contributed by atoms with Crippen LogP contribution in [0.3, 0.4) is 0 Å². The second-order valence-corrected chi connectivity index (χ2v) is 6.14. The fourth-order valence-corrected chi connectivity index (χ4v) is 1.95. The van der Waals surface area contributed by atoms with Gasteiger partial charge in [-0.3, -0.25) is 4.79 Å². The first-order chi connectivity index (χ1) is 9.58. The predicted octanol–water partition coefficient (Wildman–Crippen LogP) is 2.85. The summed E-state index contributed by atoms with van der Waals surface area (Å²) in [5, 5.41) is 2.76. The van der Waals surface area contributed by atoms with Gasteiger partial charge in [-0.25, -0.2) is 0 Å². The average molecular weight is 391 g/mol. The zero-order valence-electron chi connectivity index (χ0n) is 12.0. The van der Waals surface area contributed by atoms with E-state index in [4.69, 9.17) is 9.47 Å². The number of rotatable bonds is 9. The first-order valence-electron chi connectivity index (χ1n) is 6.80. The molecule has 0 atom stereocenters. The number of benzene rings is 1. The summed E-state index contributed by atoms with van der Waals surface area (Å²) in [6, 6.07) is 7.60. The lowest BCUT2D eigenvalue weighted by atomic mass is 10.1. The van der Waals surface area contributed by atoms with Crippen LogP contribution in [0.2, 0.25) is 0 Å². The number of carbonyl (C=O) groups is 1. The van der Waals surface area contributed by atoms with E-state index < -0.39 is 0 Å². The van der Waals surface area contributed by atoms with Gasteiger partial charge < -0.3 is 14.8 Å². The maximum Gasteiger partial charge on any atom is 0.258 e. The van der Waals surface area contributed by atoms with Crippen molar-refractivity contribution >= 4 is 28.5 Å². The van der Waals surface area contributed by atoms with Crippen molar-refractivity contribution in [3.63, 3.8) is 0 Å². The summed E-state index contributed by atoms with van der Waals surface area (Å²) in [5.41, 5.74) is 0. The van der Waals surface area contributed by atoms with Gasteiger partial charge in [-0.05, 0) is 53.1 Å². The third-order valence-corrected chi connectivity index (χ3v) is 3.25. The van der Waals surface area contributed by atoms with Crippen molar-refractivity contribution in [1.29, 1.82) is 0 Å². The van der Waals surface area contributed by atoms with E-state index in [-0.39, 0.29) is 12.5 Å². The highest BCUT2D eigenvalue weighted by Crippen LogP contribution is 2.14. The van der Waals surface area contributed by atoms with Gasteiger partial charge in [0.25, 0.3) is 5.91 Å². The van der Waals surface area contributed by atoms with Gasteiger partial charge in [-0.1, -0.05) is 19.9 Å². The summed E-state index contributed by atoms with van der Waals surface area (Å²) in [4.78, 5) is 11.5. The summed E-state index contributed by atoms with van der Waals surface area (Å²) in [7, 11) is 0.